The molecule has 2 fully saturated rings. The third-order valence-corrected chi connectivity index (χ3v) is 8.19. The zero-order valence-corrected chi connectivity index (χ0v) is 23.9. The van der Waals surface area contributed by atoms with Crippen LogP contribution in [0.1, 0.15) is 40.5 Å². The standard InChI is InChI=1S/C27H34N4O10/c1-7-14-15-10-11-16-19(22(35)30(21(16)34)13-18(33)39-6)20(15)27(4)24(28-12-17(32)38-5)41-26(37)31(27)23(14)40-25(36)29(8-2)9-3/h10,16,19-20H,7-9,11-13H2,1-6H3/t16?,19?,20?,27-/m0/s1. The van der Waals surface area contributed by atoms with E-state index >= 15 is 0 Å². The van der Waals surface area contributed by atoms with Gasteiger partial charge in [0.25, 0.3) is 0 Å². The van der Waals surface area contributed by atoms with E-state index in [0.29, 0.717) is 30.7 Å². The summed E-state index contributed by atoms with van der Waals surface area (Å²) in [5, 5.41) is 0. The normalized spacial score (nSPS) is 27.7. The molecular formula is C27H34N4O10. The number of cyclic esters (lactones) is 1. The van der Waals surface area contributed by atoms with Crippen molar-refractivity contribution in [2.24, 2.45) is 22.7 Å². The second-order valence-electron chi connectivity index (χ2n) is 10.1. The fourth-order valence-electron chi connectivity index (χ4n) is 6.15. The summed E-state index contributed by atoms with van der Waals surface area (Å²) in [6.45, 7) is 6.66. The van der Waals surface area contributed by atoms with E-state index in [1.807, 2.05) is 6.92 Å². The molecule has 14 nitrogen and oxygen atoms in total. The summed E-state index contributed by atoms with van der Waals surface area (Å²) >= 11 is 0. The van der Waals surface area contributed by atoms with Crippen molar-refractivity contribution < 1.29 is 47.7 Å². The topological polar surface area (TPSA) is 161 Å². The molecule has 4 atom stereocenters. The highest BCUT2D eigenvalue weighted by molar-refractivity contribution is 6.10. The average molecular weight is 575 g/mol. The summed E-state index contributed by atoms with van der Waals surface area (Å²) in [5.74, 6) is -5.55. The molecule has 14 heteroatoms. The van der Waals surface area contributed by atoms with E-state index < -0.39 is 72.3 Å². The monoisotopic (exact) mass is 574 g/mol. The molecule has 4 rings (SSSR count). The molecule has 1 aliphatic carbocycles. The molecule has 0 radical (unpaired) electrons. The molecular weight excluding hydrogens is 540 g/mol. The fourth-order valence-corrected chi connectivity index (χ4v) is 6.15. The van der Waals surface area contributed by atoms with Crippen LogP contribution < -0.4 is 0 Å². The quantitative estimate of drug-likeness (QED) is 0.236. The molecule has 4 amide bonds. The Labute approximate surface area is 236 Å². The van der Waals surface area contributed by atoms with E-state index in [4.69, 9.17) is 9.47 Å². The Bertz CT molecular complexity index is 1280. The first-order valence-electron chi connectivity index (χ1n) is 13.5. The van der Waals surface area contributed by atoms with Gasteiger partial charge >= 0.3 is 24.1 Å². The molecule has 0 spiro atoms. The van der Waals surface area contributed by atoms with Gasteiger partial charge in [-0.2, -0.15) is 0 Å². The molecule has 3 aliphatic heterocycles. The Morgan fingerprint density at radius 2 is 1.73 bits per heavy atom. The number of carbonyl (C=O) groups excluding carboxylic acids is 6. The molecule has 0 aromatic rings. The minimum Gasteiger partial charge on any atom is -0.468 e. The third kappa shape index (κ3) is 4.64. The first kappa shape index (κ1) is 29.7. The van der Waals surface area contributed by atoms with Gasteiger partial charge in [0.1, 0.15) is 18.6 Å². The minimum absolute atomic E-state index is 0.0655. The van der Waals surface area contributed by atoms with Crippen LogP contribution in [0.3, 0.4) is 0 Å². The van der Waals surface area contributed by atoms with E-state index in [9.17, 15) is 28.8 Å². The van der Waals surface area contributed by atoms with Crippen molar-refractivity contribution in [3.05, 3.63) is 23.1 Å². The Balaban J connectivity index is 1.91. The highest BCUT2D eigenvalue weighted by Gasteiger charge is 2.68. The zero-order valence-electron chi connectivity index (χ0n) is 23.9. The molecule has 0 aromatic heterocycles. The first-order valence-corrected chi connectivity index (χ1v) is 13.5. The van der Waals surface area contributed by atoms with E-state index in [1.165, 1.54) is 12.0 Å². The van der Waals surface area contributed by atoms with Crippen molar-refractivity contribution in [1.82, 2.24) is 14.7 Å². The van der Waals surface area contributed by atoms with Crippen LogP contribution in [0, 0.1) is 17.8 Å². The number of carbonyl (C=O) groups is 6. The van der Waals surface area contributed by atoms with Gasteiger partial charge in [0.2, 0.25) is 23.6 Å². The second-order valence-corrected chi connectivity index (χ2v) is 10.1. The number of fused-ring (bicyclic) bond motifs is 5. The van der Waals surface area contributed by atoms with E-state index in [2.05, 4.69) is 14.5 Å². The largest absolute Gasteiger partial charge is 0.468 e. The number of allylic oxidation sites excluding steroid dienone is 2. The van der Waals surface area contributed by atoms with Crippen LogP contribution in [0.2, 0.25) is 0 Å². The molecule has 2 saturated heterocycles. The fraction of sp³-hybridized carbons (Fsp3) is 0.593. The van der Waals surface area contributed by atoms with Gasteiger partial charge in [-0.05, 0) is 39.2 Å². The van der Waals surface area contributed by atoms with Crippen molar-refractivity contribution in [3.63, 3.8) is 0 Å². The van der Waals surface area contributed by atoms with Crippen LogP contribution in [0.4, 0.5) is 9.59 Å². The maximum absolute atomic E-state index is 13.8. The number of esters is 2. The molecule has 3 unspecified atom stereocenters. The first-order chi connectivity index (χ1) is 19.5. The van der Waals surface area contributed by atoms with Crippen LogP contribution in [-0.4, -0.2) is 102 Å². The summed E-state index contributed by atoms with van der Waals surface area (Å²) in [5.41, 5.74) is -0.487. The number of ether oxygens (including phenoxy) is 4. The summed E-state index contributed by atoms with van der Waals surface area (Å²) in [4.78, 5) is 85.5. The van der Waals surface area contributed by atoms with Gasteiger partial charge in [0, 0.05) is 24.6 Å². The molecule has 222 valence electrons. The number of rotatable bonds is 8. The van der Waals surface area contributed by atoms with Crippen molar-refractivity contribution >= 4 is 41.8 Å². The Hall–Kier alpha value is -4.23. The lowest BCUT2D eigenvalue weighted by molar-refractivity contribution is -0.151. The molecule has 0 N–H and O–H groups in total. The molecule has 4 aliphatic rings. The van der Waals surface area contributed by atoms with E-state index in [-0.39, 0.29) is 18.2 Å². The molecule has 0 saturated carbocycles. The van der Waals surface area contributed by atoms with E-state index in [0.717, 1.165) is 16.9 Å². The van der Waals surface area contributed by atoms with Crippen molar-refractivity contribution in [3.8, 4) is 0 Å². The van der Waals surface area contributed by atoms with Gasteiger partial charge < -0.3 is 23.8 Å². The van der Waals surface area contributed by atoms with Crippen LogP contribution >= 0.6 is 0 Å². The maximum atomic E-state index is 13.8. The molecule has 41 heavy (non-hydrogen) atoms. The van der Waals surface area contributed by atoms with Crippen molar-refractivity contribution in [2.75, 3.05) is 40.4 Å². The van der Waals surface area contributed by atoms with E-state index in [1.54, 1.807) is 26.8 Å². The minimum atomic E-state index is -1.57. The number of hydrogen-bond donors (Lipinski definition) is 0. The predicted molar refractivity (Wildman–Crippen MR) is 140 cm³/mol. The van der Waals surface area contributed by atoms with Gasteiger partial charge in [0.05, 0.1) is 26.1 Å². The van der Waals surface area contributed by atoms with Crippen LogP contribution in [0.15, 0.2) is 28.1 Å². The maximum Gasteiger partial charge on any atom is 0.424 e. The lowest BCUT2D eigenvalue weighted by Gasteiger charge is -2.49. The number of methoxy groups -OCH3 is 2. The van der Waals surface area contributed by atoms with Gasteiger partial charge in [-0.3, -0.25) is 24.1 Å². The molecule has 3 heterocycles. The number of likely N-dealkylation sites (tertiary alicyclic amines) is 1. The summed E-state index contributed by atoms with van der Waals surface area (Å²) in [6, 6.07) is 0. The third-order valence-electron chi connectivity index (χ3n) is 8.19. The number of amides is 4. The SMILES string of the molecule is CCC1=C(OC(=O)N(CC)CC)N2C(=O)OC(=NCC(=O)OC)[C@]2(C)C2C1=CCC1C(=O)N(CC(=O)OC)C(=O)C12. The van der Waals surface area contributed by atoms with Crippen LogP contribution in [0.5, 0.6) is 0 Å². The summed E-state index contributed by atoms with van der Waals surface area (Å²) < 4.78 is 20.8. The van der Waals surface area contributed by atoms with Gasteiger partial charge in [0.15, 0.2) is 0 Å². The number of aliphatic imine (C=N–C) groups is 1. The molecule has 0 bridgehead atoms. The van der Waals surface area contributed by atoms with Crippen LogP contribution in [0.25, 0.3) is 0 Å². The van der Waals surface area contributed by atoms with Crippen molar-refractivity contribution in [1.29, 1.82) is 0 Å². The van der Waals surface area contributed by atoms with Gasteiger partial charge in [-0.25, -0.2) is 19.5 Å². The summed E-state index contributed by atoms with van der Waals surface area (Å²) in [7, 11) is 2.34. The number of imide groups is 1. The Morgan fingerprint density at radius 1 is 1.07 bits per heavy atom. The average Bonchev–Trinajstić information content (AvgIpc) is 3.36. The number of nitrogens with zero attached hydrogens (tertiary/aromatic N) is 4. The van der Waals surface area contributed by atoms with Gasteiger partial charge in [-0.1, -0.05) is 13.0 Å². The zero-order chi connectivity index (χ0) is 30.2. The lowest BCUT2D eigenvalue weighted by Crippen LogP contribution is -2.60. The highest BCUT2D eigenvalue weighted by Crippen LogP contribution is 2.56. The Kier molecular flexibility index (Phi) is 8.22. The lowest BCUT2D eigenvalue weighted by atomic mass is 9.61. The van der Waals surface area contributed by atoms with Crippen LogP contribution in [-0.2, 0) is 38.1 Å². The summed E-state index contributed by atoms with van der Waals surface area (Å²) in [6.07, 6.45) is 0.678. The molecule has 0 aromatic carbocycles. The van der Waals surface area contributed by atoms with Gasteiger partial charge in [-0.15, -0.1) is 0 Å². The Morgan fingerprint density at radius 3 is 2.32 bits per heavy atom. The van der Waals surface area contributed by atoms with Crippen molar-refractivity contribution in [2.45, 2.75) is 46.1 Å². The predicted octanol–water partition coefficient (Wildman–Crippen LogP) is 1.60. The highest BCUT2D eigenvalue weighted by atomic mass is 16.6. The smallest absolute Gasteiger partial charge is 0.424 e. The number of hydrogen-bond acceptors (Lipinski definition) is 11. The second kappa shape index (κ2) is 11.3.